The van der Waals surface area contributed by atoms with Crippen LogP contribution in [0, 0.1) is 23.7 Å². The molecule has 0 atom stereocenters. The molecule has 0 unspecified atom stereocenters. The van der Waals surface area contributed by atoms with Crippen molar-refractivity contribution in [2.24, 2.45) is 29.4 Å². The van der Waals surface area contributed by atoms with E-state index in [4.69, 9.17) is 33.4 Å². The van der Waals surface area contributed by atoms with Gasteiger partial charge < -0.3 is 71.3 Å². The number of benzene rings is 4. The Morgan fingerprint density at radius 1 is 0.423 bits per heavy atom. The van der Waals surface area contributed by atoms with Crippen LogP contribution in [0.3, 0.4) is 0 Å². The first-order valence-electron chi connectivity index (χ1n) is 42.8. The molecule has 123 heavy (non-hydrogen) atoms. The minimum absolute atomic E-state index is 0.131. The molecule has 29 nitrogen and oxygen atoms in total. The van der Waals surface area contributed by atoms with Crippen molar-refractivity contribution in [3.63, 3.8) is 0 Å². The zero-order chi connectivity index (χ0) is 86.6. The van der Waals surface area contributed by atoms with Gasteiger partial charge in [-0.3, -0.25) is 4.79 Å². The van der Waals surface area contributed by atoms with Gasteiger partial charge in [-0.25, -0.2) is 65.1 Å². The Morgan fingerprint density at radius 2 is 0.724 bits per heavy atom. The first-order chi connectivity index (χ1) is 58.9. The molecule has 0 radical (unpaired) electrons. The predicted molar refractivity (Wildman–Crippen MR) is 490 cm³/mol. The summed E-state index contributed by atoms with van der Waals surface area (Å²) in [5.41, 5.74) is 46.6. The van der Waals surface area contributed by atoms with Crippen molar-refractivity contribution in [1.29, 1.82) is 0 Å². The number of likely N-dealkylation sites (N-methyl/N-ethyl adjacent to an activating group) is 1. The lowest BCUT2D eigenvalue weighted by atomic mass is 9.79. The van der Waals surface area contributed by atoms with E-state index in [2.05, 4.69) is 142 Å². The van der Waals surface area contributed by atoms with E-state index in [0.29, 0.717) is 104 Å². The molecular weight excluding hydrogens is 1610 g/mol. The maximum Gasteiger partial charge on any atom is 0.305 e. The van der Waals surface area contributed by atoms with Gasteiger partial charge in [0.1, 0.15) is 101 Å². The van der Waals surface area contributed by atoms with Gasteiger partial charge >= 0.3 is 5.97 Å². The van der Waals surface area contributed by atoms with Crippen molar-refractivity contribution >= 4 is 103 Å². The molecule has 10 N–H and O–H groups in total. The lowest BCUT2D eigenvalue weighted by molar-refractivity contribution is -0.140. The van der Waals surface area contributed by atoms with Crippen molar-refractivity contribution in [2.75, 3.05) is 153 Å². The van der Waals surface area contributed by atoms with Crippen LogP contribution in [-0.4, -0.2) is 239 Å². The SMILES string of the molecule is CN(C)CC1CC(n2cc(-c3cccc(CCS(C)(=O)=O)c3)c3c(N)ncnc32)C1.CN1CCN(CC2CC(n3cc(-c4cccc(CCS(C)(=O)=O)c4)c4c(N)ncnc43)C2)CC1.COC(=O)CCc1cccc(-c2cn(C3CC(CN4CCC4)C3)c3ncnc(N)c23)c1.CS(=O)(=O)CCc1cccc(-c2cn(C3CC(CN)C3)c3ncnc(N)c23)c1. The van der Waals surface area contributed by atoms with Crippen molar-refractivity contribution in [3.05, 3.63) is 169 Å². The number of hydrogen-bond donors (Lipinski definition) is 5. The number of likely N-dealkylation sites (tertiary alicyclic amines) is 1. The van der Waals surface area contributed by atoms with Gasteiger partial charge in [0.15, 0.2) is 0 Å². The van der Waals surface area contributed by atoms with E-state index in [1.165, 1.54) is 84.0 Å². The van der Waals surface area contributed by atoms with Crippen molar-refractivity contribution in [3.8, 4) is 44.5 Å². The van der Waals surface area contributed by atoms with Crippen LogP contribution in [0.15, 0.2) is 147 Å². The number of aryl methyl sites for hydroxylation is 4. The van der Waals surface area contributed by atoms with Crippen LogP contribution in [0.25, 0.3) is 88.6 Å². The number of piperazine rings is 1. The first-order valence-corrected chi connectivity index (χ1v) is 49.0. The van der Waals surface area contributed by atoms with Gasteiger partial charge in [0.05, 0.1) is 45.9 Å². The van der Waals surface area contributed by atoms with Crippen molar-refractivity contribution < 1.29 is 34.8 Å². The van der Waals surface area contributed by atoms with Gasteiger partial charge in [-0.2, -0.15) is 0 Å². The average Bonchev–Trinajstić information content (AvgIpc) is 1.62. The summed E-state index contributed by atoms with van der Waals surface area (Å²) >= 11 is 0. The Kier molecular flexibility index (Phi) is 26.8. The number of carbonyl (C=O) groups is 1. The monoisotopic (exact) mass is 1730 g/mol. The number of nitrogens with zero attached hydrogens (tertiary/aromatic N) is 16. The van der Waals surface area contributed by atoms with Crippen LogP contribution < -0.4 is 28.7 Å². The number of ether oxygens (including phenoxy) is 1. The molecule has 652 valence electrons. The Labute approximate surface area is 721 Å². The van der Waals surface area contributed by atoms with Crippen LogP contribution >= 0.6 is 0 Å². The second-order valence-corrected chi connectivity index (χ2v) is 42.1. The molecule has 4 saturated carbocycles. The van der Waals surface area contributed by atoms with Gasteiger partial charge in [0.2, 0.25) is 0 Å². The number of methoxy groups -OCH3 is 1. The first kappa shape index (κ1) is 87.6. The van der Waals surface area contributed by atoms with Crippen LogP contribution in [0.2, 0.25) is 0 Å². The zero-order valence-corrected chi connectivity index (χ0v) is 74.0. The number of carbonyl (C=O) groups excluding carboxylic acids is 1. The molecule has 12 aromatic rings. The van der Waals surface area contributed by atoms with Crippen LogP contribution in [0.5, 0.6) is 0 Å². The van der Waals surface area contributed by atoms with E-state index in [9.17, 15) is 30.0 Å². The summed E-state index contributed by atoms with van der Waals surface area (Å²) in [5.74, 6) is 4.87. The van der Waals surface area contributed by atoms with Gasteiger partial charge in [-0.1, -0.05) is 97.1 Å². The van der Waals surface area contributed by atoms with Gasteiger partial charge in [-0.05, 0) is 192 Å². The summed E-state index contributed by atoms with van der Waals surface area (Å²) in [5, 5.41) is 3.51. The summed E-state index contributed by atoms with van der Waals surface area (Å²) in [4.78, 5) is 56.5. The fraction of sp³-hybridized carbons (Fsp3) is 0.462. The number of sulfone groups is 3. The average molecular weight is 1730 g/mol. The van der Waals surface area contributed by atoms with E-state index in [-0.39, 0.29) is 23.2 Å². The summed E-state index contributed by atoms with van der Waals surface area (Å²) in [7, 11) is -1.18. The van der Waals surface area contributed by atoms with Gasteiger partial charge in [0.25, 0.3) is 0 Å². The van der Waals surface area contributed by atoms with E-state index in [1.807, 2.05) is 78.9 Å². The number of aromatic nitrogens is 12. The normalized spacial score (nSPS) is 20.6. The molecule has 0 amide bonds. The largest absolute Gasteiger partial charge is 0.469 e. The van der Waals surface area contributed by atoms with Crippen molar-refractivity contribution in [1.82, 2.24) is 77.7 Å². The number of nitrogen functional groups attached to an aromatic ring is 4. The molecule has 6 aliphatic rings. The summed E-state index contributed by atoms with van der Waals surface area (Å²) in [6, 6.07) is 33.9. The third kappa shape index (κ3) is 21.0. The minimum Gasteiger partial charge on any atom is -0.469 e. The number of nitrogens with two attached hydrogens (primary N) is 5. The molecule has 4 aliphatic carbocycles. The third-order valence-electron chi connectivity index (χ3n) is 25.6. The Balaban J connectivity index is 0.000000127. The van der Waals surface area contributed by atoms with Gasteiger partial charge in [0, 0.05) is 142 Å². The highest BCUT2D eigenvalue weighted by Crippen LogP contribution is 2.48. The lowest BCUT2D eigenvalue weighted by Crippen LogP contribution is -2.47. The molecular formula is C91H117N21O8S3. The molecule has 18 rings (SSSR count). The maximum absolute atomic E-state index is 11.6. The van der Waals surface area contributed by atoms with E-state index >= 15 is 0 Å². The third-order valence-corrected chi connectivity index (χ3v) is 28.4. The zero-order valence-electron chi connectivity index (χ0n) is 71.6. The standard InChI is InChI=1S/C25H34N6O2S.C24H29N5O2.C22H29N5O2S.C20H25N5O2S/c1-29-7-9-30(10-8-29)15-19-13-21(14-19)31-16-22(23-24(26)27-17-28-25(23)31)20-5-3-4-18(12-20)6-11-34(2,32)33;1-31-21(30)7-6-16-4-2-5-18(10-16)20-14-29(24-22(20)23(25)26-15-27-24)19-11-17(12-19)13-28-8-3-9-28;1-26(2)12-16-10-18(11-16)27-13-19(20-21(23)24-14-25-22(20)27)17-6-4-5-15(9-17)7-8-30(3,28)29;1-28(26,27)6-5-13-3-2-4-15(7-13)17-11-25(16-8-14(9-16)10-21)20-18(17)19(22)23-12-24-20/h3-5,12,16-17,19,21H,6-11,13-15H2,1-2H3,(H2,26,27,28);2,4-5,10,14-15,17,19H,3,6-9,11-13H2,1H3,(H2,25,26,27);4-6,9,13-14,16,18H,7-8,10-12H2,1-3H3,(H2,23,24,25);2-4,7,11-12,14,16H,5-6,8-10,21H2,1H3,(H2,22,23,24). The summed E-state index contributed by atoms with van der Waals surface area (Å²) < 4.78 is 83.2. The highest BCUT2D eigenvalue weighted by atomic mass is 32.2. The Hall–Kier alpha value is -10.3. The van der Waals surface area contributed by atoms with E-state index < -0.39 is 29.5 Å². The smallest absolute Gasteiger partial charge is 0.305 e. The lowest BCUT2D eigenvalue weighted by Gasteiger charge is -2.42. The fourth-order valence-electron chi connectivity index (χ4n) is 18.4. The van der Waals surface area contributed by atoms with Crippen molar-refractivity contribution in [2.45, 2.75) is 114 Å². The highest BCUT2D eigenvalue weighted by molar-refractivity contribution is 7.91. The maximum atomic E-state index is 11.6. The second-order valence-electron chi connectivity index (χ2n) is 35.4. The van der Waals surface area contributed by atoms with E-state index in [1.54, 1.807) is 12.7 Å². The molecule has 4 aromatic carbocycles. The molecule has 32 heteroatoms. The second kappa shape index (κ2) is 37.6. The van der Waals surface area contributed by atoms with Crippen LogP contribution in [-0.2, 0) is 64.7 Å². The Bertz CT molecular complexity index is 6130. The Morgan fingerprint density at radius 3 is 1.01 bits per heavy atom. The van der Waals surface area contributed by atoms with E-state index in [0.717, 1.165) is 188 Å². The molecule has 0 spiro atoms. The molecule has 2 aliphatic heterocycles. The number of anilines is 4. The molecule has 10 heterocycles. The topological polar surface area (TPSA) is 395 Å². The number of esters is 1. The van der Waals surface area contributed by atoms with Crippen LogP contribution in [0.1, 0.15) is 111 Å². The molecule has 6 fully saturated rings. The fourth-order valence-corrected chi connectivity index (χ4v) is 20.3. The number of fused-ring (bicyclic) bond motifs is 4. The van der Waals surface area contributed by atoms with Crippen LogP contribution in [0.4, 0.5) is 23.3 Å². The highest BCUT2D eigenvalue weighted by Gasteiger charge is 2.38. The summed E-state index contributed by atoms with van der Waals surface area (Å²) in [6.45, 7) is 11.4. The van der Waals surface area contributed by atoms with Gasteiger partial charge in [-0.15, -0.1) is 0 Å². The number of rotatable bonds is 27. The summed E-state index contributed by atoms with van der Waals surface area (Å²) in [6.07, 6.45) is 31.3. The quantitative estimate of drug-likeness (QED) is 0.0299. The molecule has 8 aromatic heterocycles. The molecule has 0 bridgehead atoms. The molecule has 2 saturated heterocycles. The number of hydrogen-bond acceptors (Lipinski definition) is 25. The predicted octanol–water partition coefficient (Wildman–Crippen LogP) is 10.9. The minimum atomic E-state index is -3.01.